The highest BCUT2D eigenvalue weighted by atomic mass is 16.5. The quantitative estimate of drug-likeness (QED) is 0.777. The van der Waals surface area contributed by atoms with Crippen LogP contribution in [0.1, 0.15) is 6.42 Å². The topological polar surface area (TPSA) is 64.3 Å². The molecular formula is C13H16N2O2. The summed E-state index contributed by atoms with van der Waals surface area (Å²) in [6, 6.07) is 7.25. The van der Waals surface area contributed by atoms with E-state index in [1.54, 1.807) is 7.11 Å². The third-order valence-corrected chi connectivity index (χ3v) is 2.81. The number of hydrogen-bond acceptors (Lipinski definition) is 3. The van der Waals surface area contributed by atoms with E-state index in [1.165, 1.54) is 0 Å². The first kappa shape index (κ1) is 11.7. The summed E-state index contributed by atoms with van der Waals surface area (Å²) in [7, 11) is 1.61. The number of rotatable bonds is 3. The van der Waals surface area contributed by atoms with E-state index in [0.717, 1.165) is 11.4 Å². The van der Waals surface area contributed by atoms with Crippen LogP contribution in [0, 0.1) is 5.92 Å². The molecule has 17 heavy (non-hydrogen) atoms. The maximum atomic E-state index is 11.9. The minimum absolute atomic E-state index is 0.00150. The number of ether oxygens (including phenoxy) is 1. The van der Waals surface area contributed by atoms with Gasteiger partial charge in [-0.05, 0) is 30.7 Å². The maximum Gasteiger partial charge on any atom is 0.231 e. The van der Waals surface area contributed by atoms with Gasteiger partial charge in [0.15, 0.2) is 0 Å². The number of amides is 1. The van der Waals surface area contributed by atoms with Crippen molar-refractivity contribution in [2.45, 2.75) is 12.5 Å². The lowest BCUT2D eigenvalue weighted by atomic mass is 10.1. The number of nitrogens with two attached hydrogens (primary N) is 1. The van der Waals surface area contributed by atoms with Gasteiger partial charge in [-0.25, -0.2) is 0 Å². The van der Waals surface area contributed by atoms with Gasteiger partial charge in [0.25, 0.3) is 0 Å². The molecule has 2 rings (SSSR count). The van der Waals surface area contributed by atoms with Gasteiger partial charge in [0.2, 0.25) is 5.91 Å². The smallest absolute Gasteiger partial charge is 0.231 e. The number of carbonyl (C=O) groups excluding carboxylic acids is 1. The lowest BCUT2D eigenvalue weighted by Crippen LogP contribution is -2.23. The Bertz CT molecular complexity index is 426. The summed E-state index contributed by atoms with van der Waals surface area (Å²) in [4.78, 5) is 11.9. The molecule has 0 aliphatic heterocycles. The Morgan fingerprint density at radius 1 is 1.35 bits per heavy atom. The highest BCUT2D eigenvalue weighted by Gasteiger charge is 2.22. The van der Waals surface area contributed by atoms with Crippen LogP contribution in [0.25, 0.3) is 0 Å². The van der Waals surface area contributed by atoms with Crippen LogP contribution in [0.15, 0.2) is 36.4 Å². The molecule has 1 aromatic carbocycles. The zero-order valence-electron chi connectivity index (χ0n) is 9.72. The van der Waals surface area contributed by atoms with Gasteiger partial charge in [0.05, 0.1) is 13.0 Å². The fourth-order valence-electron chi connectivity index (χ4n) is 1.83. The second-order valence-electron chi connectivity index (χ2n) is 4.11. The molecule has 1 amide bonds. The van der Waals surface area contributed by atoms with E-state index in [0.29, 0.717) is 6.42 Å². The molecule has 1 aliphatic carbocycles. The minimum atomic E-state index is -0.118. The van der Waals surface area contributed by atoms with Gasteiger partial charge in [0, 0.05) is 11.7 Å². The van der Waals surface area contributed by atoms with Crippen LogP contribution in [0.5, 0.6) is 5.75 Å². The van der Waals surface area contributed by atoms with Crippen molar-refractivity contribution >= 4 is 11.6 Å². The van der Waals surface area contributed by atoms with E-state index >= 15 is 0 Å². The monoisotopic (exact) mass is 232 g/mol. The molecule has 90 valence electrons. The van der Waals surface area contributed by atoms with Crippen LogP contribution in [0.3, 0.4) is 0 Å². The number of carbonyl (C=O) groups is 1. The average molecular weight is 232 g/mol. The van der Waals surface area contributed by atoms with E-state index in [9.17, 15) is 4.79 Å². The number of nitrogens with one attached hydrogen (secondary N) is 1. The summed E-state index contributed by atoms with van der Waals surface area (Å²) in [5.74, 6) is 0.636. The average Bonchev–Trinajstić information content (AvgIpc) is 2.77. The Morgan fingerprint density at radius 3 is 2.59 bits per heavy atom. The molecule has 2 unspecified atom stereocenters. The first-order chi connectivity index (χ1) is 8.19. The molecular weight excluding hydrogens is 216 g/mol. The molecule has 0 saturated heterocycles. The Hall–Kier alpha value is -1.81. The van der Waals surface area contributed by atoms with Gasteiger partial charge >= 0.3 is 0 Å². The minimum Gasteiger partial charge on any atom is -0.497 e. The molecule has 2 atom stereocenters. The SMILES string of the molecule is COc1ccc(NC(=O)C2C=CC(N)C2)cc1. The van der Waals surface area contributed by atoms with Crippen LogP contribution >= 0.6 is 0 Å². The standard InChI is InChI=1S/C13H16N2O2/c1-17-12-6-4-11(5-7-12)15-13(16)9-2-3-10(14)8-9/h2-7,9-10H,8,14H2,1H3,(H,15,16). The van der Waals surface area contributed by atoms with E-state index in [2.05, 4.69) is 5.32 Å². The molecule has 0 heterocycles. The maximum absolute atomic E-state index is 11.9. The van der Waals surface area contributed by atoms with Crippen molar-refractivity contribution in [1.82, 2.24) is 0 Å². The van der Waals surface area contributed by atoms with Crippen molar-refractivity contribution < 1.29 is 9.53 Å². The van der Waals surface area contributed by atoms with E-state index in [-0.39, 0.29) is 17.9 Å². The van der Waals surface area contributed by atoms with Crippen LogP contribution in [-0.2, 0) is 4.79 Å². The molecule has 4 nitrogen and oxygen atoms in total. The van der Waals surface area contributed by atoms with Gasteiger partial charge in [-0.1, -0.05) is 12.2 Å². The summed E-state index contributed by atoms with van der Waals surface area (Å²) in [6.45, 7) is 0. The number of anilines is 1. The predicted octanol–water partition coefficient (Wildman–Crippen LogP) is 1.54. The highest BCUT2D eigenvalue weighted by Crippen LogP contribution is 2.20. The third-order valence-electron chi connectivity index (χ3n) is 2.81. The van der Waals surface area contributed by atoms with E-state index in [4.69, 9.17) is 10.5 Å². The molecule has 0 saturated carbocycles. The van der Waals surface area contributed by atoms with E-state index in [1.807, 2.05) is 36.4 Å². The Labute approximate surface area is 100 Å². The summed E-state index contributed by atoms with van der Waals surface area (Å²) < 4.78 is 5.05. The van der Waals surface area contributed by atoms with Crippen LogP contribution < -0.4 is 15.8 Å². The normalized spacial score (nSPS) is 22.5. The first-order valence-corrected chi connectivity index (χ1v) is 5.58. The number of methoxy groups -OCH3 is 1. The number of benzene rings is 1. The molecule has 3 N–H and O–H groups in total. The molecule has 0 aromatic heterocycles. The largest absolute Gasteiger partial charge is 0.497 e. The zero-order chi connectivity index (χ0) is 12.3. The zero-order valence-corrected chi connectivity index (χ0v) is 9.72. The van der Waals surface area contributed by atoms with Crippen molar-refractivity contribution in [3.63, 3.8) is 0 Å². The molecule has 1 aromatic rings. The Balaban J connectivity index is 1.96. The second kappa shape index (κ2) is 5.01. The molecule has 1 aliphatic rings. The highest BCUT2D eigenvalue weighted by molar-refractivity contribution is 5.94. The lowest BCUT2D eigenvalue weighted by Gasteiger charge is -2.10. The Kier molecular flexibility index (Phi) is 3.44. The summed E-state index contributed by atoms with van der Waals surface area (Å²) in [6.07, 6.45) is 4.42. The van der Waals surface area contributed by atoms with Gasteiger partial charge in [-0.15, -0.1) is 0 Å². The predicted molar refractivity (Wildman–Crippen MR) is 66.8 cm³/mol. The molecule has 0 fully saturated rings. The fourth-order valence-corrected chi connectivity index (χ4v) is 1.83. The first-order valence-electron chi connectivity index (χ1n) is 5.58. The Morgan fingerprint density at radius 2 is 2.06 bits per heavy atom. The van der Waals surface area contributed by atoms with Crippen molar-refractivity contribution in [3.8, 4) is 5.75 Å². The third kappa shape index (κ3) is 2.85. The summed E-state index contributed by atoms with van der Waals surface area (Å²) in [5.41, 5.74) is 6.48. The van der Waals surface area contributed by atoms with Gasteiger partial charge < -0.3 is 15.8 Å². The van der Waals surface area contributed by atoms with Crippen molar-refractivity contribution in [2.75, 3.05) is 12.4 Å². The van der Waals surface area contributed by atoms with Crippen molar-refractivity contribution in [3.05, 3.63) is 36.4 Å². The molecule has 4 heteroatoms. The van der Waals surface area contributed by atoms with Gasteiger partial charge in [-0.3, -0.25) is 4.79 Å². The fraction of sp³-hybridized carbons (Fsp3) is 0.308. The van der Waals surface area contributed by atoms with Gasteiger partial charge in [0.1, 0.15) is 5.75 Å². The summed E-state index contributed by atoms with van der Waals surface area (Å²) in [5, 5.41) is 2.85. The van der Waals surface area contributed by atoms with E-state index < -0.39 is 0 Å². The van der Waals surface area contributed by atoms with Crippen molar-refractivity contribution in [1.29, 1.82) is 0 Å². The van der Waals surface area contributed by atoms with Crippen LogP contribution in [-0.4, -0.2) is 19.1 Å². The number of hydrogen-bond donors (Lipinski definition) is 2. The lowest BCUT2D eigenvalue weighted by molar-refractivity contribution is -0.118. The van der Waals surface area contributed by atoms with Crippen molar-refractivity contribution in [2.24, 2.45) is 11.7 Å². The molecule has 0 spiro atoms. The van der Waals surface area contributed by atoms with Gasteiger partial charge in [-0.2, -0.15) is 0 Å². The molecule has 0 radical (unpaired) electrons. The van der Waals surface area contributed by atoms with Crippen LogP contribution in [0.4, 0.5) is 5.69 Å². The summed E-state index contributed by atoms with van der Waals surface area (Å²) >= 11 is 0. The molecule has 0 bridgehead atoms. The van der Waals surface area contributed by atoms with Crippen LogP contribution in [0.2, 0.25) is 0 Å². The second-order valence-corrected chi connectivity index (χ2v) is 4.11.